The van der Waals surface area contributed by atoms with Gasteiger partial charge in [0.05, 0.1) is 11.8 Å². The summed E-state index contributed by atoms with van der Waals surface area (Å²) in [6, 6.07) is 0. The van der Waals surface area contributed by atoms with Gasteiger partial charge in [-0.25, -0.2) is 0 Å². The van der Waals surface area contributed by atoms with Crippen LogP contribution in [0.2, 0.25) is 0 Å². The van der Waals surface area contributed by atoms with Gasteiger partial charge < -0.3 is 14.8 Å². The van der Waals surface area contributed by atoms with Crippen molar-refractivity contribution in [2.24, 2.45) is 0 Å². The molecule has 1 aromatic heterocycles. The predicted octanol–water partition coefficient (Wildman–Crippen LogP) is 1.54. The highest BCUT2D eigenvalue weighted by Gasteiger charge is 2.16. The molecule has 1 unspecified atom stereocenters. The van der Waals surface area contributed by atoms with Crippen molar-refractivity contribution in [3.63, 3.8) is 0 Å². The van der Waals surface area contributed by atoms with Crippen LogP contribution in [0.3, 0.4) is 0 Å². The summed E-state index contributed by atoms with van der Waals surface area (Å²) in [7, 11) is 0. The summed E-state index contributed by atoms with van der Waals surface area (Å²) in [6.07, 6.45) is 4.55. The van der Waals surface area contributed by atoms with Gasteiger partial charge >= 0.3 is 0 Å². The molecule has 2 N–H and O–H groups in total. The van der Waals surface area contributed by atoms with Gasteiger partial charge in [0.25, 0.3) is 0 Å². The lowest BCUT2D eigenvalue weighted by Gasteiger charge is -2.21. The molecule has 1 aliphatic heterocycles. The van der Waals surface area contributed by atoms with Gasteiger partial charge in [0, 0.05) is 13.0 Å². The zero-order valence-corrected chi connectivity index (χ0v) is 8.42. The van der Waals surface area contributed by atoms with Gasteiger partial charge in [-0.1, -0.05) is 0 Å². The standard InChI is InChI=1S/C10H16N2O2/c1-7-10(13)12-9(11-7)6-8-4-2-3-5-14-8/h8,13H,2-6H2,1H3,(H,11,12). The second kappa shape index (κ2) is 4.00. The lowest BCUT2D eigenvalue weighted by molar-refractivity contribution is 0.0157. The van der Waals surface area contributed by atoms with Crippen molar-refractivity contribution < 1.29 is 9.84 Å². The number of nitrogens with one attached hydrogen (secondary N) is 1. The maximum absolute atomic E-state index is 9.29. The van der Waals surface area contributed by atoms with Crippen LogP contribution in [-0.2, 0) is 11.2 Å². The highest BCUT2D eigenvalue weighted by atomic mass is 16.5. The Bertz CT molecular complexity index is 284. The number of aryl methyl sites for hydroxylation is 1. The maximum atomic E-state index is 9.29. The van der Waals surface area contributed by atoms with E-state index in [4.69, 9.17) is 4.74 Å². The summed E-state index contributed by atoms with van der Waals surface area (Å²) in [5.74, 6) is 0.933. The van der Waals surface area contributed by atoms with E-state index in [-0.39, 0.29) is 12.0 Å². The molecule has 0 bridgehead atoms. The first-order valence-electron chi connectivity index (χ1n) is 5.12. The summed E-state index contributed by atoms with van der Waals surface area (Å²) in [6.45, 7) is 2.67. The van der Waals surface area contributed by atoms with Crippen molar-refractivity contribution in [3.8, 4) is 5.88 Å². The van der Waals surface area contributed by atoms with Crippen LogP contribution in [0.25, 0.3) is 0 Å². The highest BCUT2D eigenvalue weighted by molar-refractivity contribution is 5.17. The van der Waals surface area contributed by atoms with E-state index in [1.807, 2.05) is 6.92 Å². The summed E-state index contributed by atoms with van der Waals surface area (Å²) < 4.78 is 5.59. The van der Waals surface area contributed by atoms with E-state index in [1.54, 1.807) is 0 Å². The van der Waals surface area contributed by atoms with Crippen molar-refractivity contribution in [2.45, 2.75) is 38.7 Å². The summed E-state index contributed by atoms with van der Waals surface area (Å²) in [5.41, 5.74) is 0.732. The number of aromatic amines is 1. The largest absolute Gasteiger partial charge is 0.492 e. The maximum Gasteiger partial charge on any atom is 0.232 e. The Kier molecular flexibility index (Phi) is 2.72. The Balaban J connectivity index is 1.95. The zero-order valence-electron chi connectivity index (χ0n) is 8.42. The van der Waals surface area contributed by atoms with Crippen molar-refractivity contribution in [3.05, 3.63) is 11.5 Å². The second-order valence-electron chi connectivity index (χ2n) is 3.82. The van der Waals surface area contributed by atoms with Gasteiger partial charge in [0.1, 0.15) is 5.82 Å². The lowest BCUT2D eigenvalue weighted by Crippen LogP contribution is -2.21. The van der Waals surface area contributed by atoms with Gasteiger partial charge in [-0.15, -0.1) is 0 Å². The monoisotopic (exact) mass is 196 g/mol. The predicted molar refractivity (Wildman–Crippen MR) is 52.3 cm³/mol. The molecule has 2 heterocycles. The average molecular weight is 196 g/mol. The Labute approximate surface area is 83.3 Å². The molecule has 4 heteroatoms. The van der Waals surface area contributed by atoms with Crippen molar-refractivity contribution >= 4 is 0 Å². The van der Waals surface area contributed by atoms with Gasteiger partial charge in [-0.3, -0.25) is 0 Å². The molecule has 0 radical (unpaired) electrons. The molecule has 1 atom stereocenters. The smallest absolute Gasteiger partial charge is 0.232 e. The molecule has 1 fully saturated rings. The molecule has 4 nitrogen and oxygen atoms in total. The Hall–Kier alpha value is -1.03. The van der Waals surface area contributed by atoms with E-state index in [1.165, 1.54) is 12.8 Å². The van der Waals surface area contributed by atoms with Crippen molar-refractivity contribution in [1.82, 2.24) is 9.97 Å². The van der Waals surface area contributed by atoms with Crippen LogP contribution in [0.15, 0.2) is 0 Å². The molecule has 14 heavy (non-hydrogen) atoms. The minimum atomic E-state index is 0.107. The first-order valence-corrected chi connectivity index (χ1v) is 5.12. The third-order valence-corrected chi connectivity index (χ3v) is 2.60. The molecular formula is C10H16N2O2. The second-order valence-corrected chi connectivity index (χ2v) is 3.82. The average Bonchev–Trinajstić information content (AvgIpc) is 2.47. The quantitative estimate of drug-likeness (QED) is 0.754. The number of hydrogen-bond acceptors (Lipinski definition) is 3. The van der Waals surface area contributed by atoms with Crippen LogP contribution in [-0.4, -0.2) is 27.8 Å². The molecular weight excluding hydrogens is 180 g/mol. The Morgan fingerprint density at radius 1 is 1.57 bits per heavy atom. The van der Waals surface area contributed by atoms with Crippen LogP contribution in [0.5, 0.6) is 5.88 Å². The molecule has 78 valence electrons. The molecule has 0 saturated carbocycles. The summed E-state index contributed by atoms with van der Waals surface area (Å²) >= 11 is 0. The first-order chi connectivity index (χ1) is 6.75. The molecule has 0 aromatic carbocycles. The number of aromatic nitrogens is 2. The molecule has 0 spiro atoms. The van der Waals surface area contributed by atoms with Gasteiger partial charge in [0.2, 0.25) is 5.88 Å². The number of aromatic hydroxyl groups is 1. The van der Waals surface area contributed by atoms with Crippen LogP contribution in [0.1, 0.15) is 30.8 Å². The number of ether oxygens (including phenoxy) is 1. The Morgan fingerprint density at radius 2 is 2.43 bits per heavy atom. The number of H-pyrrole nitrogens is 1. The van der Waals surface area contributed by atoms with Gasteiger partial charge in [-0.05, 0) is 26.2 Å². The third kappa shape index (κ3) is 2.07. The molecule has 1 aliphatic rings. The van der Waals surface area contributed by atoms with E-state index in [0.717, 1.165) is 31.0 Å². The van der Waals surface area contributed by atoms with Crippen LogP contribution in [0, 0.1) is 6.92 Å². The third-order valence-electron chi connectivity index (χ3n) is 2.60. The van der Waals surface area contributed by atoms with Crippen molar-refractivity contribution in [1.29, 1.82) is 0 Å². The summed E-state index contributed by atoms with van der Waals surface area (Å²) in [5, 5.41) is 9.29. The van der Waals surface area contributed by atoms with Crippen LogP contribution in [0.4, 0.5) is 0 Å². The minimum Gasteiger partial charge on any atom is -0.492 e. The van der Waals surface area contributed by atoms with Gasteiger partial charge in [0.15, 0.2) is 0 Å². The van der Waals surface area contributed by atoms with Crippen LogP contribution >= 0.6 is 0 Å². The SMILES string of the molecule is Cc1[nH]c(CC2CCCCO2)nc1O. The fraction of sp³-hybridized carbons (Fsp3) is 0.700. The zero-order chi connectivity index (χ0) is 9.97. The number of rotatable bonds is 2. The van der Waals surface area contributed by atoms with E-state index >= 15 is 0 Å². The normalized spacial score (nSPS) is 22.5. The topological polar surface area (TPSA) is 58.1 Å². The highest BCUT2D eigenvalue weighted by Crippen LogP contribution is 2.18. The number of hydrogen-bond donors (Lipinski definition) is 2. The number of imidazole rings is 1. The van der Waals surface area contributed by atoms with Gasteiger partial charge in [-0.2, -0.15) is 4.98 Å². The fourth-order valence-electron chi connectivity index (χ4n) is 1.79. The molecule has 2 rings (SSSR count). The minimum absolute atomic E-state index is 0.107. The van der Waals surface area contributed by atoms with E-state index < -0.39 is 0 Å². The Morgan fingerprint density at radius 3 is 3.00 bits per heavy atom. The van der Waals surface area contributed by atoms with E-state index in [0.29, 0.717) is 0 Å². The lowest BCUT2D eigenvalue weighted by atomic mass is 10.1. The molecule has 1 saturated heterocycles. The molecule has 0 amide bonds. The number of nitrogens with zero attached hydrogens (tertiary/aromatic N) is 1. The molecule has 0 aliphatic carbocycles. The summed E-state index contributed by atoms with van der Waals surface area (Å²) in [4.78, 5) is 7.07. The van der Waals surface area contributed by atoms with E-state index in [2.05, 4.69) is 9.97 Å². The first kappa shape index (κ1) is 9.52. The van der Waals surface area contributed by atoms with E-state index in [9.17, 15) is 5.11 Å². The molecule has 1 aromatic rings. The van der Waals surface area contributed by atoms with Crippen molar-refractivity contribution in [2.75, 3.05) is 6.61 Å². The fourth-order valence-corrected chi connectivity index (χ4v) is 1.79. The van der Waals surface area contributed by atoms with Crippen LogP contribution < -0.4 is 0 Å².